The molecule has 5 nitrogen and oxygen atoms in total. The zero-order valence-corrected chi connectivity index (χ0v) is 16.0. The monoisotopic (exact) mass is 381 g/mol. The zero-order valence-electron chi connectivity index (χ0n) is 16.0. The molecule has 0 bridgehead atoms. The third-order valence-electron chi connectivity index (χ3n) is 5.24. The summed E-state index contributed by atoms with van der Waals surface area (Å²) in [4.78, 5) is 21.4. The number of carbonyl (C=O) groups excluding carboxylic acids is 1. The van der Waals surface area contributed by atoms with Gasteiger partial charge in [-0.2, -0.15) is 0 Å². The molecule has 2 aromatic carbocycles. The molecule has 3 aromatic rings. The molecule has 0 N–H and O–H groups in total. The van der Waals surface area contributed by atoms with Crippen LogP contribution in [0.5, 0.6) is 0 Å². The molecule has 4 rings (SSSR count). The summed E-state index contributed by atoms with van der Waals surface area (Å²) in [5.41, 5.74) is 3.11. The Labute approximate surface area is 163 Å². The summed E-state index contributed by atoms with van der Waals surface area (Å²) in [6.45, 7) is 5.70. The average Bonchev–Trinajstić information content (AvgIpc) is 2.95. The van der Waals surface area contributed by atoms with E-state index < -0.39 is 0 Å². The van der Waals surface area contributed by atoms with Crippen LogP contribution < -0.4 is 0 Å². The standard InChI is InChI=1S/C22H24FN3O2/c1-2-16-4-6-17(7-5-16)22(27)26-11-3-10-25(12-13-26)15-21-24-19-9-8-18(23)14-20(19)28-21/h4-9,14H,2-3,10-13,15H2,1H3. The summed E-state index contributed by atoms with van der Waals surface area (Å²) < 4.78 is 19.0. The lowest BCUT2D eigenvalue weighted by Crippen LogP contribution is -2.35. The Kier molecular flexibility index (Phi) is 5.39. The number of hydrogen-bond donors (Lipinski definition) is 0. The molecular weight excluding hydrogens is 357 g/mol. The highest BCUT2D eigenvalue weighted by molar-refractivity contribution is 5.94. The molecule has 0 aliphatic carbocycles. The van der Waals surface area contributed by atoms with Crippen LogP contribution in [0.1, 0.15) is 35.2 Å². The van der Waals surface area contributed by atoms with Crippen molar-refractivity contribution in [1.29, 1.82) is 0 Å². The minimum atomic E-state index is -0.328. The molecule has 1 amide bonds. The van der Waals surface area contributed by atoms with Crippen molar-refractivity contribution in [2.24, 2.45) is 0 Å². The van der Waals surface area contributed by atoms with Crippen molar-refractivity contribution < 1.29 is 13.6 Å². The number of nitrogens with zero attached hydrogens (tertiary/aromatic N) is 3. The predicted molar refractivity (Wildman–Crippen MR) is 106 cm³/mol. The first-order valence-corrected chi connectivity index (χ1v) is 9.78. The van der Waals surface area contributed by atoms with Crippen LogP contribution in [0.25, 0.3) is 11.1 Å². The van der Waals surface area contributed by atoms with Crippen LogP contribution in [0.15, 0.2) is 46.9 Å². The van der Waals surface area contributed by atoms with Gasteiger partial charge in [-0.3, -0.25) is 9.69 Å². The van der Waals surface area contributed by atoms with Crippen molar-refractivity contribution in [2.45, 2.75) is 26.3 Å². The number of oxazole rings is 1. The lowest BCUT2D eigenvalue weighted by molar-refractivity contribution is 0.0760. The summed E-state index contributed by atoms with van der Waals surface area (Å²) in [6.07, 6.45) is 1.86. The van der Waals surface area contributed by atoms with Crippen LogP contribution >= 0.6 is 0 Å². The van der Waals surface area contributed by atoms with Crippen LogP contribution in [-0.4, -0.2) is 46.9 Å². The van der Waals surface area contributed by atoms with Gasteiger partial charge in [0.2, 0.25) is 5.89 Å². The van der Waals surface area contributed by atoms with Crippen molar-refractivity contribution in [1.82, 2.24) is 14.8 Å². The van der Waals surface area contributed by atoms with E-state index >= 15 is 0 Å². The van der Waals surface area contributed by atoms with Crippen LogP contribution in [0.4, 0.5) is 4.39 Å². The summed E-state index contributed by atoms with van der Waals surface area (Å²) in [5.74, 6) is 0.337. The fourth-order valence-corrected chi connectivity index (χ4v) is 3.60. The second-order valence-electron chi connectivity index (χ2n) is 7.19. The first-order valence-electron chi connectivity index (χ1n) is 9.78. The van der Waals surface area contributed by atoms with Gasteiger partial charge in [-0.05, 0) is 42.7 Å². The Balaban J connectivity index is 1.39. The highest BCUT2D eigenvalue weighted by Gasteiger charge is 2.21. The first-order chi connectivity index (χ1) is 13.6. The fourth-order valence-electron chi connectivity index (χ4n) is 3.60. The minimum absolute atomic E-state index is 0.0850. The third kappa shape index (κ3) is 4.07. The van der Waals surface area contributed by atoms with Gasteiger partial charge in [-0.1, -0.05) is 19.1 Å². The Hall–Kier alpha value is -2.73. The Bertz CT molecular complexity index is 968. The molecule has 0 unspecified atom stereocenters. The number of halogens is 1. The van der Waals surface area contributed by atoms with Crippen molar-refractivity contribution >= 4 is 17.0 Å². The second-order valence-corrected chi connectivity index (χ2v) is 7.19. The number of aryl methyl sites for hydroxylation is 1. The average molecular weight is 381 g/mol. The van der Waals surface area contributed by atoms with Crippen molar-refractivity contribution in [3.63, 3.8) is 0 Å². The maximum Gasteiger partial charge on any atom is 0.253 e. The summed E-state index contributed by atoms with van der Waals surface area (Å²) in [5, 5.41) is 0. The van der Waals surface area contributed by atoms with Crippen LogP contribution in [-0.2, 0) is 13.0 Å². The molecule has 146 valence electrons. The number of amides is 1. The molecule has 0 atom stereocenters. The quantitative estimate of drug-likeness (QED) is 0.688. The molecule has 1 saturated heterocycles. The molecule has 2 heterocycles. The van der Waals surface area contributed by atoms with Crippen LogP contribution in [0.2, 0.25) is 0 Å². The highest BCUT2D eigenvalue weighted by Crippen LogP contribution is 2.19. The topological polar surface area (TPSA) is 49.6 Å². The van der Waals surface area contributed by atoms with E-state index in [0.717, 1.165) is 38.0 Å². The Morgan fingerprint density at radius 3 is 2.71 bits per heavy atom. The van der Waals surface area contributed by atoms with Crippen LogP contribution in [0.3, 0.4) is 0 Å². The van der Waals surface area contributed by atoms with Crippen molar-refractivity contribution in [3.05, 3.63) is 65.3 Å². The smallest absolute Gasteiger partial charge is 0.253 e. The third-order valence-corrected chi connectivity index (χ3v) is 5.24. The van der Waals surface area contributed by atoms with E-state index in [1.165, 1.54) is 17.7 Å². The maximum absolute atomic E-state index is 13.3. The molecule has 1 aliphatic heterocycles. The molecule has 1 fully saturated rings. The van der Waals surface area contributed by atoms with E-state index in [1.807, 2.05) is 29.2 Å². The van der Waals surface area contributed by atoms with E-state index in [1.54, 1.807) is 6.07 Å². The summed E-state index contributed by atoms with van der Waals surface area (Å²) in [6, 6.07) is 12.3. The van der Waals surface area contributed by atoms with Gasteiger partial charge in [-0.25, -0.2) is 9.37 Å². The Morgan fingerprint density at radius 2 is 1.93 bits per heavy atom. The number of benzene rings is 2. The molecule has 0 spiro atoms. The molecule has 28 heavy (non-hydrogen) atoms. The first kappa shape index (κ1) is 18.6. The van der Waals surface area contributed by atoms with E-state index in [2.05, 4.69) is 16.8 Å². The number of carbonyl (C=O) groups is 1. The lowest BCUT2D eigenvalue weighted by Gasteiger charge is -2.21. The number of fused-ring (bicyclic) bond motifs is 1. The largest absolute Gasteiger partial charge is 0.439 e. The molecule has 6 heteroatoms. The summed E-state index contributed by atoms with van der Waals surface area (Å²) in [7, 11) is 0. The SMILES string of the molecule is CCc1ccc(C(=O)N2CCCN(Cc3nc4ccc(F)cc4o3)CC2)cc1. The van der Waals surface area contributed by atoms with Gasteiger partial charge in [0.1, 0.15) is 11.3 Å². The van der Waals surface area contributed by atoms with Gasteiger partial charge in [0.05, 0.1) is 6.54 Å². The van der Waals surface area contributed by atoms with Gasteiger partial charge in [0, 0.05) is 37.8 Å². The van der Waals surface area contributed by atoms with E-state index in [9.17, 15) is 9.18 Å². The highest BCUT2D eigenvalue weighted by atomic mass is 19.1. The van der Waals surface area contributed by atoms with Gasteiger partial charge in [0.25, 0.3) is 5.91 Å². The van der Waals surface area contributed by atoms with Gasteiger partial charge in [-0.15, -0.1) is 0 Å². The van der Waals surface area contributed by atoms with E-state index in [4.69, 9.17) is 4.42 Å². The summed E-state index contributed by atoms with van der Waals surface area (Å²) >= 11 is 0. The predicted octanol–water partition coefficient (Wildman–Crippen LogP) is 3.88. The number of aromatic nitrogens is 1. The minimum Gasteiger partial charge on any atom is -0.439 e. The zero-order chi connectivity index (χ0) is 19.5. The van der Waals surface area contributed by atoms with Crippen LogP contribution in [0, 0.1) is 5.82 Å². The molecular formula is C22H24FN3O2. The second kappa shape index (κ2) is 8.10. The van der Waals surface area contributed by atoms with Gasteiger partial charge < -0.3 is 9.32 Å². The van der Waals surface area contributed by atoms with Crippen molar-refractivity contribution in [3.8, 4) is 0 Å². The molecule has 0 saturated carbocycles. The molecule has 0 radical (unpaired) electrons. The molecule has 1 aliphatic rings. The normalized spacial score (nSPS) is 15.7. The maximum atomic E-state index is 13.3. The number of hydrogen-bond acceptors (Lipinski definition) is 4. The van der Waals surface area contributed by atoms with Gasteiger partial charge >= 0.3 is 0 Å². The van der Waals surface area contributed by atoms with Gasteiger partial charge in [0.15, 0.2) is 5.58 Å². The van der Waals surface area contributed by atoms with E-state index in [-0.39, 0.29) is 11.7 Å². The lowest BCUT2D eigenvalue weighted by atomic mass is 10.1. The Morgan fingerprint density at radius 1 is 1.11 bits per heavy atom. The fraction of sp³-hybridized carbons (Fsp3) is 0.364. The number of rotatable bonds is 4. The van der Waals surface area contributed by atoms with Crippen molar-refractivity contribution in [2.75, 3.05) is 26.2 Å². The molecule has 1 aromatic heterocycles. The van der Waals surface area contributed by atoms with E-state index in [0.29, 0.717) is 30.1 Å².